The number of carbonyl (C=O) groups is 1. The Balaban J connectivity index is 1.56. The van der Waals surface area contributed by atoms with Crippen molar-refractivity contribution in [3.05, 3.63) is 72.3 Å². The van der Waals surface area contributed by atoms with Crippen LogP contribution in [0.1, 0.15) is 22.8 Å². The highest BCUT2D eigenvalue weighted by molar-refractivity contribution is 5.93. The molecule has 7 nitrogen and oxygen atoms in total. The van der Waals surface area contributed by atoms with E-state index in [0.717, 1.165) is 17.0 Å². The molecule has 0 radical (unpaired) electrons. The molecule has 2 heterocycles. The fourth-order valence-corrected chi connectivity index (χ4v) is 2.23. The zero-order valence-corrected chi connectivity index (χ0v) is 14.3. The van der Waals surface area contributed by atoms with E-state index in [0.29, 0.717) is 24.7 Å². The van der Waals surface area contributed by atoms with Crippen LogP contribution >= 0.6 is 0 Å². The first-order chi connectivity index (χ1) is 12.7. The Morgan fingerprint density at radius 2 is 1.85 bits per heavy atom. The van der Waals surface area contributed by atoms with Gasteiger partial charge in [-0.05, 0) is 42.8 Å². The van der Waals surface area contributed by atoms with Crippen LogP contribution in [0.4, 0.5) is 11.6 Å². The molecule has 0 bridgehead atoms. The average Bonchev–Trinajstić information content (AvgIpc) is 2.69. The molecule has 0 aliphatic carbocycles. The lowest BCUT2D eigenvalue weighted by Gasteiger charge is -2.08. The molecule has 1 aromatic carbocycles. The van der Waals surface area contributed by atoms with Gasteiger partial charge in [0.05, 0.1) is 12.2 Å². The second-order valence-electron chi connectivity index (χ2n) is 5.42. The van der Waals surface area contributed by atoms with Crippen molar-refractivity contribution in [3.63, 3.8) is 0 Å². The standard InChI is InChI=1S/C19H19N5O2/c1-2-26-17-7-5-16(6-8-17)24-19-22-12-15(13-23-19)18(25)21-11-14-4-3-9-20-10-14/h3-10,12-13H,2,11H2,1H3,(H,21,25)(H,22,23,24). The third-order valence-electron chi connectivity index (χ3n) is 3.51. The lowest BCUT2D eigenvalue weighted by Crippen LogP contribution is -2.23. The topological polar surface area (TPSA) is 89.0 Å². The van der Waals surface area contributed by atoms with Crippen molar-refractivity contribution in [3.8, 4) is 5.75 Å². The summed E-state index contributed by atoms with van der Waals surface area (Å²) in [6.07, 6.45) is 6.38. The second kappa shape index (κ2) is 8.57. The van der Waals surface area contributed by atoms with Crippen LogP contribution in [-0.4, -0.2) is 27.5 Å². The van der Waals surface area contributed by atoms with Crippen LogP contribution in [0.3, 0.4) is 0 Å². The molecule has 0 aliphatic rings. The molecule has 0 atom stereocenters. The predicted octanol–water partition coefficient (Wildman–Crippen LogP) is 2.94. The van der Waals surface area contributed by atoms with Gasteiger partial charge in [0.2, 0.25) is 5.95 Å². The molecule has 0 saturated carbocycles. The molecule has 3 aromatic rings. The van der Waals surface area contributed by atoms with Crippen molar-refractivity contribution < 1.29 is 9.53 Å². The predicted molar refractivity (Wildman–Crippen MR) is 98.3 cm³/mol. The quantitative estimate of drug-likeness (QED) is 0.682. The lowest BCUT2D eigenvalue weighted by molar-refractivity contribution is 0.0950. The van der Waals surface area contributed by atoms with Crippen LogP contribution in [0.2, 0.25) is 0 Å². The van der Waals surface area contributed by atoms with E-state index in [4.69, 9.17) is 4.74 Å². The van der Waals surface area contributed by atoms with Gasteiger partial charge in [-0.3, -0.25) is 9.78 Å². The molecule has 0 fully saturated rings. The maximum absolute atomic E-state index is 12.1. The fourth-order valence-electron chi connectivity index (χ4n) is 2.23. The molecule has 7 heteroatoms. The highest BCUT2D eigenvalue weighted by Gasteiger charge is 2.07. The van der Waals surface area contributed by atoms with Gasteiger partial charge in [0, 0.05) is 37.0 Å². The maximum Gasteiger partial charge on any atom is 0.254 e. The van der Waals surface area contributed by atoms with E-state index in [-0.39, 0.29) is 5.91 Å². The largest absolute Gasteiger partial charge is 0.494 e. The minimum absolute atomic E-state index is 0.235. The van der Waals surface area contributed by atoms with Crippen LogP contribution < -0.4 is 15.4 Å². The molecular formula is C19H19N5O2. The van der Waals surface area contributed by atoms with E-state index >= 15 is 0 Å². The Hall–Kier alpha value is -3.48. The number of pyridine rings is 1. The number of hydrogen-bond donors (Lipinski definition) is 2. The third kappa shape index (κ3) is 4.76. The summed E-state index contributed by atoms with van der Waals surface area (Å²) in [7, 11) is 0. The van der Waals surface area contributed by atoms with Gasteiger partial charge in [0.15, 0.2) is 0 Å². The highest BCUT2D eigenvalue weighted by Crippen LogP contribution is 2.18. The van der Waals surface area contributed by atoms with E-state index in [9.17, 15) is 4.79 Å². The van der Waals surface area contributed by atoms with Gasteiger partial charge in [0.1, 0.15) is 5.75 Å². The van der Waals surface area contributed by atoms with Crippen molar-refractivity contribution in [2.45, 2.75) is 13.5 Å². The van der Waals surface area contributed by atoms with Crippen molar-refractivity contribution in [1.82, 2.24) is 20.3 Å². The van der Waals surface area contributed by atoms with Crippen molar-refractivity contribution in [2.24, 2.45) is 0 Å². The molecule has 0 spiro atoms. The Morgan fingerprint density at radius 3 is 2.50 bits per heavy atom. The molecule has 0 aliphatic heterocycles. The van der Waals surface area contributed by atoms with Gasteiger partial charge >= 0.3 is 0 Å². The summed E-state index contributed by atoms with van der Waals surface area (Å²) >= 11 is 0. The summed E-state index contributed by atoms with van der Waals surface area (Å²) in [5.41, 5.74) is 2.16. The number of rotatable bonds is 7. The highest BCUT2D eigenvalue weighted by atomic mass is 16.5. The van der Waals surface area contributed by atoms with Crippen LogP contribution in [0.15, 0.2) is 61.2 Å². The van der Waals surface area contributed by atoms with Gasteiger partial charge in [-0.1, -0.05) is 6.07 Å². The Kier molecular flexibility index (Phi) is 5.72. The summed E-state index contributed by atoms with van der Waals surface area (Å²) in [6, 6.07) is 11.2. The number of nitrogens with zero attached hydrogens (tertiary/aromatic N) is 3. The second-order valence-corrected chi connectivity index (χ2v) is 5.42. The summed E-state index contributed by atoms with van der Waals surface area (Å²) in [6.45, 7) is 2.97. The van der Waals surface area contributed by atoms with Crippen molar-refractivity contribution >= 4 is 17.5 Å². The van der Waals surface area contributed by atoms with Gasteiger partial charge in [-0.25, -0.2) is 9.97 Å². The minimum Gasteiger partial charge on any atom is -0.494 e. The molecule has 132 valence electrons. The Morgan fingerprint density at radius 1 is 1.08 bits per heavy atom. The van der Waals surface area contributed by atoms with Crippen molar-refractivity contribution in [1.29, 1.82) is 0 Å². The molecule has 0 saturated heterocycles. The molecule has 2 aromatic heterocycles. The fraction of sp³-hybridized carbons (Fsp3) is 0.158. The number of carbonyl (C=O) groups excluding carboxylic acids is 1. The minimum atomic E-state index is -0.235. The van der Waals surface area contributed by atoms with E-state index in [1.165, 1.54) is 12.4 Å². The van der Waals surface area contributed by atoms with Crippen LogP contribution in [-0.2, 0) is 6.54 Å². The molecule has 1 amide bonds. The number of amides is 1. The monoisotopic (exact) mass is 349 g/mol. The zero-order chi connectivity index (χ0) is 18.2. The lowest BCUT2D eigenvalue weighted by atomic mass is 10.2. The van der Waals surface area contributed by atoms with E-state index < -0.39 is 0 Å². The van der Waals surface area contributed by atoms with E-state index in [1.807, 2.05) is 43.3 Å². The Bertz CT molecular complexity index is 836. The summed E-state index contributed by atoms with van der Waals surface area (Å²) in [5.74, 6) is 0.985. The number of benzene rings is 1. The SMILES string of the molecule is CCOc1ccc(Nc2ncc(C(=O)NCc3cccnc3)cn2)cc1. The van der Waals surface area contributed by atoms with Gasteiger partial charge in [0.25, 0.3) is 5.91 Å². The van der Waals surface area contributed by atoms with E-state index in [2.05, 4.69) is 25.6 Å². The molecule has 26 heavy (non-hydrogen) atoms. The van der Waals surface area contributed by atoms with Crippen LogP contribution in [0.25, 0.3) is 0 Å². The number of hydrogen-bond acceptors (Lipinski definition) is 6. The van der Waals surface area contributed by atoms with Crippen LogP contribution in [0.5, 0.6) is 5.75 Å². The summed E-state index contributed by atoms with van der Waals surface area (Å²) in [5, 5.41) is 5.89. The first-order valence-corrected chi connectivity index (χ1v) is 8.23. The maximum atomic E-state index is 12.1. The number of nitrogens with one attached hydrogen (secondary N) is 2. The smallest absolute Gasteiger partial charge is 0.254 e. The normalized spacial score (nSPS) is 10.2. The molecule has 3 rings (SSSR count). The van der Waals surface area contributed by atoms with Gasteiger partial charge in [-0.15, -0.1) is 0 Å². The number of anilines is 2. The average molecular weight is 349 g/mol. The number of aromatic nitrogens is 3. The summed E-state index contributed by atoms with van der Waals surface area (Å²) < 4.78 is 5.40. The van der Waals surface area contributed by atoms with Crippen LogP contribution in [0, 0.1) is 0 Å². The van der Waals surface area contributed by atoms with Gasteiger partial charge < -0.3 is 15.4 Å². The number of ether oxygens (including phenoxy) is 1. The molecule has 2 N–H and O–H groups in total. The third-order valence-corrected chi connectivity index (χ3v) is 3.51. The molecular weight excluding hydrogens is 330 g/mol. The first-order valence-electron chi connectivity index (χ1n) is 8.23. The molecule has 0 unspecified atom stereocenters. The first kappa shape index (κ1) is 17.3. The summed E-state index contributed by atoms with van der Waals surface area (Å²) in [4.78, 5) is 24.5. The zero-order valence-electron chi connectivity index (χ0n) is 14.3. The van der Waals surface area contributed by atoms with Crippen molar-refractivity contribution in [2.75, 3.05) is 11.9 Å². The van der Waals surface area contributed by atoms with E-state index in [1.54, 1.807) is 12.4 Å². The Labute approximate surface area is 151 Å². The van der Waals surface area contributed by atoms with Gasteiger partial charge in [-0.2, -0.15) is 0 Å².